The fourth-order valence-electron chi connectivity index (χ4n) is 1.67. The van der Waals surface area contributed by atoms with Crippen LogP contribution in [0.25, 0.3) is 10.2 Å². The Morgan fingerprint density at radius 3 is 2.90 bits per heavy atom. The molecule has 112 valence electrons. The van der Waals surface area contributed by atoms with E-state index in [0.717, 1.165) is 16.6 Å². The summed E-state index contributed by atoms with van der Waals surface area (Å²) in [5, 5.41) is 5.74. The van der Waals surface area contributed by atoms with Gasteiger partial charge in [-0.05, 0) is 24.5 Å². The number of guanidine groups is 1. The zero-order valence-corrected chi connectivity index (χ0v) is 12.9. The van der Waals surface area contributed by atoms with Crippen LogP contribution in [0.4, 0.5) is 9.93 Å². The molecule has 1 heterocycles. The standard InChI is InChI=1S/C14H19N5OS/c1-9(2)7-8-16-13(20)18-12(15)19-14-17-10-5-3-4-6-11(10)21-14/h3-6,9H,7-8H2,1-2H3,(H4,15,16,17,18,19,20). The molecule has 21 heavy (non-hydrogen) atoms. The van der Waals surface area contributed by atoms with Crippen LogP contribution in [0.3, 0.4) is 0 Å². The second kappa shape index (κ2) is 7.03. The number of nitrogens with zero attached hydrogens (tertiary/aromatic N) is 2. The molecule has 7 heteroatoms. The minimum atomic E-state index is -0.349. The molecule has 0 bridgehead atoms. The van der Waals surface area contributed by atoms with Crippen molar-refractivity contribution in [1.82, 2.24) is 15.6 Å². The van der Waals surface area contributed by atoms with E-state index in [0.29, 0.717) is 17.6 Å². The Labute approximate surface area is 127 Å². The summed E-state index contributed by atoms with van der Waals surface area (Å²) in [7, 11) is 0. The van der Waals surface area contributed by atoms with E-state index in [9.17, 15) is 4.79 Å². The second-order valence-electron chi connectivity index (χ2n) is 5.02. The number of urea groups is 1. The lowest BCUT2D eigenvalue weighted by atomic mass is 10.1. The monoisotopic (exact) mass is 305 g/mol. The van der Waals surface area contributed by atoms with Gasteiger partial charge in [-0.25, -0.2) is 9.78 Å². The first-order valence-electron chi connectivity index (χ1n) is 6.79. The minimum absolute atomic E-state index is 0.0381. The maximum absolute atomic E-state index is 11.6. The summed E-state index contributed by atoms with van der Waals surface area (Å²) in [6.45, 7) is 4.81. The maximum Gasteiger partial charge on any atom is 0.321 e. The zero-order chi connectivity index (χ0) is 15.2. The quantitative estimate of drug-likeness (QED) is 0.599. The molecule has 0 aliphatic carbocycles. The Kier molecular flexibility index (Phi) is 5.10. The number of carbonyl (C=O) groups excluding carboxylic acids is 1. The average Bonchev–Trinajstić information content (AvgIpc) is 2.79. The van der Waals surface area contributed by atoms with Crippen LogP contribution in [-0.2, 0) is 0 Å². The van der Waals surface area contributed by atoms with Gasteiger partial charge in [-0.15, -0.1) is 0 Å². The molecule has 0 aliphatic heterocycles. The molecule has 0 saturated heterocycles. The van der Waals surface area contributed by atoms with Crippen LogP contribution in [0.2, 0.25) is 0 Å². The lowest BCUT2D eigenvalue weighted by Crippen LogP contribution is -2.43. The summed E-state index contributed by atoms with van der Waals surface area (Å²) in [6, 6.07) is 7.39. The molecule has 0 unspecified atom stereocenters. The van der Waals surface area contributed by atoms with Crippen molar-refractivity contribution in [3.63, 3.8) is 0 Å². The molecule has 0 aliphatic rings. The molecule has 0 saturated carbocycles. The number of aromatic nitrogens is 1. The average molecular weight is 305 g/mol. The molecule has 6 nitrogen and oxygen atoms in total. The molecule has 4 N–H and O–H groups in total. The number of rotatable bonds is 4. The third-order valence-electron chi connectivity index (χ3n) is 2.75. The van der Waals surface area contributed by atoms with Crippen LogP contribution in [0.15, 0.2) is 29.3 Å². The third kappa shape index (κ3) is 4.71. The van der Waals surface area contributed by atoms with Gasteiger partial charge in [0.25, 0.3) is 0 Å². The van der Waals surface area contributed by atoms with Crippen molar-refractivity contribution in [3.8, 4) is 0 Å². The predicted molar refractivity (Wildman–Crippen MR) is 86.9 cm³/mol. The van der Waals surface area contributed by atoms with Gasteiger partial charge in [-0.3, -0.25) is 5.32 Å². The summed E-state index contributed by atoms with van der Waals surface area (Å²) >= 11 is 1.42. The Hall–Kier alpha value is -2.15. The first-order valence-corrected chi connectivity index (χ1v) is 7.61. The van der Waals surface area contributed by atoms with Crippen LogP contribution in [0.5, 0.6) is 0 Å². The number of aliphatic imine (C=N–C) groups is 1. The van der Waals surface area contributed by atoms with E-state index < -0.39 is 0 Å². The summed E-state index contributed by atoms with van der Waals surface area (Å²) in [4.78, 5) is 20.0. The van der Waals surface area contributed by atoms with Gasteiger partial charge in [-0.1, -0.05) is 37.3 Å². The normalized spacial score (nSPS) is 11.9. The van der Waals surface area contributed by atoms with Crippen LogP contribution in [-0.4, -0.2) is 23.5 Å². The maximum atomic E-state index is 11.6. The van der Waals surface area contributed by atoms with Crippen molar-refractivity contribution in [3.05, 3.63) is 24.3 Å². The molecule has 0 spiro atoms. The summed E-state index contributed by atoms with van der Waals surface area (Å²) in [5.41, 5.74) is 6.58. The fourth-order valence-corrected chi connectivity index (χ4v) is 2.52. The molecule has 0 fully saturated rings. The van der Waals surface area contributed by atoms with E-state index in [4.69, 9.17) is 5.73 Å². The highest BCUT2D eigenvalue weighted by Gasteiger charge is 2.05. The Morgan fingerprint density at radius 1 is 1.43 bits per heavy atom. The van der Waals surface area contributed by atoms with E-state index in [-0.39, 0.29) is 12.0 Å². The topological polar surface area (TPSA) is 92.4 Å². The number of nitrogens with one attached hydrogen (secondary N) is 2. The Balaban J connectivity index is 1.92. The largest absolute Gasteiger partial charge is 0.369 e. The first-order chi connectivity index (χ1) is 10.0. The number of benzene rings is 1. The number of fused-ring (bicyclic) bond motifs is 1. The molecular formula is C14H19N5OS. The lowest BCUT2D eigenvalue weighted by molar-refractivity contribution is 0.244. The molecular weight excluding hydrogens is 286 g/mol. The van der Waals surface area contributed by atoms with Gasteiger partial charge in [0, 0.05) is 6.54 Å². The number of para-hydroxylation sites is 1. The molecule has 1 aromatic carbocycles. The molecule has 2 aromatic rings. The molecule has 2 amide bonds. The van der Waals surface area contributed by atoms with Gasteiger partial charge in [-0.2, -0.15) is 4.99 Å². The second-order valence-corrected chi connectivity index (χ2v) is 6.03. The highest BCUT2D eigenvalue weighted by Crippen LogP contribution is 2.27. The fraction of sp³-hybridized carbons (Fsp3) is 0.357. The number of amides is 2. The highest BCUT2D eigenvalue weighted by atomic mass is 32.1. The SMILES string of the molecule is CC(C)CCNC(=O)N/C(N)=N/c1nc2ccccc2s1. The van der Waals surface area contributed by atoms with Crippen LogP contribution < -0.4 is 16.4 Å². The summed E-state index contributed by atoms with van der Waals surface area (Å²) in [6.07, 6.45) is 0.919. The van der Waals surface area contributed by atoms with Crippen molar-refractivity contribution in [2.75, 3.05) is 6.54 Å². The number of thiazole rings is 1. The van der Waals surface area contributed by atoms with Gasteiger partial charge in [0.1, 0.15) is 0 Å². The van der Waals surface area contributed by atoms with Gasteiger partial charge < -0.3 is 11.1 Å². The minimum Gasteiger partial charge on any atom is -0.369 e. The Bertz CT molecular complexity index is 617. The lowest BCUT2D eigenvalue weighted by Gasteiger charge is -2.07. The van der Waals surface area contributed by atoms with E-state index in [1.165, 1.54) is 11.3 Å². The van der Waals surface area contributed by atoms with E-state index in [1.54, 1.807) is 0 Å². The zero-order valence-electron chi connectivity index (χ0n) is 12.1. The first kappa shape index (κ1) is 15.2. The number of nitrogens with two attached hydrogens (primary N) is 1. The Morgan fingerprint density at radius 2 is 2.19 bits per heavy atom. The van der Waals surface area contributed by atoms with E-state index >= 15 is 0 Å². The van der Waals surface area contributed by atoms with Crippen molar-refractivity contribution in [2.45, 2.75) is 20.3 Å². The van der Waals surface area contributed by atoms with Gasteiger partial charge >= 0.3 is 6.03 Å². The molecule has 0 radical (unpaired) electrons. The number of carbonyl (C=O) groups is 1. The number of hydrogen-bond acceptors (Lipinski definition) is 4. The molecule has 0 atom stereocenters. The van der Waals surface area contributed by atoms with E-state index in [2.05, 4.69) is 34.5 Å². The summed E-state index contributed by atoms with van der Waals surface area (Å²) in [5.74, 6) is 0.579. The van der Waals surface area contributed by atoms with Crippen molar-refractivity contribution >= 4 is 38.7 Å². The highest BCUT2D eigenvalue weighted by molar-refractivity contribution is 7.22. The van der Waals surface area contributed by atoms with Crippen LogP contribution in [0, 0.1) is 5.92 Å². The van der Waals surface area contributed by atoms with Gasteiger partial charge in [0.05, 0.1) is 10.2 Å². The third-order valence-corrected chi connectivity index (χ3v) is 3.68. The van der Waals surface area contributed by atoms with Crippen molar-refractivity contribution in [1.29, 1.82) is 0 Å². The van der Waals surface area contributed by atoms with Crippen molar-refractivity contribution < 1.29 is 4.79 Å². The van der Waals surface area contributed by atoms with Crippen LogP contribution >= 0.6 is 11.3 Å². The number of hydrogen-bond donors (Lipinski definition) is 3. The molecule has 1 aromatic heterocycles. The van der Waals surface area contributed by atoms with Gasteiger partial charge in [0.15, 0.2) is 0 Å². The molecule has 2 rings (SSSR count). The smallest absolute Gasteiger partial charge is 0.321 e. The van der Waals surface area contributed by atoms with Crippen LogP contribution in [0.1, 0.15) is 20.3 Å². The summed E-state index contributed by atoms with van der Waals surface area (Å²) < 4.78 is 1.03. The predicted octanol–water partition coefficient (Wildman–Crippen LogP) is 2.59. The van der Waals surface area contributed by atoms with E-state index in [1.807, 2.05) is 24.3 Å². The van der Waals surface area contributed by atoms with Gasteiger partial charge in [0.2, 0.25) is 11.1 Å². The van der Waals surface area contributed by atoms with Crippen molar-refractivity contribution in [2.24, 2.45) is 16.6 Å².